The number of hydrogen-bond acceptors (Lipinski definition) is 6. The van der Waals surface area contributed by atoms with E-state index >= 15 is 0 Å². The molecule has 0 aliphatic heterocycles. The van der Waals surface area contributed by atoms with Crippen molar-refractivity contribution in [1.82, 2.24) is 20.5 Å². The standard InChI is InChI=1S/C25H22N4O4/c30-24(22-15-20(27-32-22)17-7-3-1-4-8-17)26-13-14-29(19-11-12-19)25(31)23-16-21(28-33-23)18-9-5-2-6-10-18/h1-10,15-16,19H,11-14H2,(H,26,30). The molecule has 2 aromatic heterocycles. The summed E-state index contributed by atoms with van der Waals surface area (Å²) < 4.78 is 10.5. The van der Waals surface area contributed by atoms with Gasteiger partial charge < -0.3 is 19.3 Å². The number of carbonyl (C=O) groups is 2. The van der Waals surface area contributed by atoms with Crippen molar-refractivity contribution < 1.29 is 18.6 Å². The predicted molar refractivity (Wildman–Crippen MR) is 120 cm³/mol. The number of benzene rings is 2. The molecule has 0 bridgehead atoms. The topological polar surface area (TPSA) is 101 Å². The van der Waals surface area contributed by atoms with Gasteiger partial charge in [0.1, 0.15) is 11.4 Å². The summed E-state index contributed by atoms with van der Waals surface area (Å²) in [7, 11) is 0. The van der Waals surface area contributed by atoms with E-state index in [0.29, 0.717) is 17.9 Å². The summed E-state index contributed by atoms with van der Waals surface area (Å²) >= 11 is 0. The van der Waals surface area contributed by atoms with Crippen LogP contribution in [0.5, 0.6) is 0 Å². The van der Waals surface area contributed by atoms with Crippen LogP contribution in [-0.4, -0.2) is 46.2 Å². The number of nitrogens with one attached hydrogen (secondary N) is 1. The maximum absolute atomic E-state index is 13.0. The van der Waals surface area contributed by atoms with Gasteiger partial charge in [0.2, 0.25) is 11.5 Å². The molecule has 2 aromatic carbocycles. The van der Waals surface area contributed by atoms with Crippen LogP contribution >= 0.6 is 0 Å². The highest BCUT2D eigenvalue weighted by Crippen LogP contribution is 2.29. The Labute approximate surface area is 190 Å². The normalized spacial score (nSPS) is 13.0. The molecule has 2 amide bonds. The zero-order valence-corrected chi connectivity index (χ0v) is 17.8. The highest BCUT2D eigenvalue weighted by atomic mass is 16.5. The SMILES string of the molecule is O=C(NCCN(C(=O)c1cc(-c2ccccc2)no1)C1CC1)c1cc(-c2ccccc2)no1. The van der Waals surface area contributed by atoms with Crippen molar-refractivity contribution in [2.45, 2.75) is 18.9 Å². The van der Waals surface area contributed by atoms with Gasteiger partial charge in [-0.3, -0.25) is 9.59 Å². The monoisotopic (exact) mass is 442 g/mol. The maximum Gasteiger partial charge on any atom is 0.292 e. The van der Waals surface area contributed by atoms with Crippen LogP contribution in [-0.2, 0) is 0 Å². The predicted octanol–water partition coefficient (Wildman–Crippen LogP) is 4.03. The zero-order chi connectivity index (χ0) is 22.6. The highest BCUT2D eigenvalue weighted by molar-refractivity contribution is 5.93. The van der Waals surface area contributed by atoms with Crippen LogP contribution in [0.3, 0.4) is 0 Å². The molecule has 33 heavy (non-hydrogen) atoms. The molecular weight excluding hydrogens is 420 g/mol. The lowest BCUT2D eigenvalue weighted by molar-refractivity contribution is 0.0694. The van der Waals surface area contributed by atoms with Gasteiger partial charge >= 0.3 is 0 Å². The van der Waals surface area contributed by atoms with Gasteiger partial charge in [-0.1, -0.05) is 71.0 Å². The van der Waals surface area contributed by atoms with E-state index in [1.54, 1.807) is 17.0 Å². The van der Waals surface area contributed by atoms with Crippen molar-refractivity contribution in [2.24, 2.45) is 0 Å². The summed E-state index contributed by atoms with van der Waals surface area (Å²) in [5.41, 5.74) is 2.96. The summed E-state index contributed by atoms with van der Waals surface area (Å²) in [6.45, 7) is 0.637. The molecule has 1 aliphatic rings. The lowest BCUT2D eigenvalue weighted by Crippen LogP contribution is -2.39. The fraction of sp³-hybridized carbons (Fsp3) is 0.200. The lowest BCUT2D eigenvalue weighted by atomic mass is 10.1. The molecule has 8 nitrogen and oxygen atoms in total. The first-order valence-electron chi connectivity index (χ1n) is 10.8. The Bertz CT molecular complexity index is 1250. The first-order chi connectivity index (χ1) is 16.2. The van der Waals surface area contributed by atoms with Crippen LogP contribution in [0, 0.1) is 0 Å². The van der Waals surface area contributed by atoms with Crippen LogP contribution in [0.25, 0.3) is 22.5 Å². The van der Waals surface area contributed by atoms with Crippen LogP contribution in [0.1, 0.15) is 34.0 Å². The minimum absolute atomic E-state index is 0.126. The fourth-order valence-corrected chi connectivity index (χ4v) is 3.60. The van der Waals surface area contributed by atoms with Gasteiger partial charge in [-0.05, 0) is 12.8 Å². The summed E-state index contributed by atoms with van der Waals surface area (Å²) in [6, 6.07) is 22.4. The van der Waals surface area contributed by atoms with Crippen molar-refractivity contribution >= 4 is 11.8 Å². The van der Waals surface area contributed by atoms with E-state index in [-0.39, 0.29) is 35.9 Å². The zero-order valence-electron chi connectivity index (χ0n) is 17.8. The van der Waals surface area contributed by atoms with Gasteiger partial charge in [0, 0.05) is 42.4 Å². The van der Waals surface area contributed by atoms with Gasteiger partial charge in [-0.25, -0.2) is 0 Å². The van der Waals surface area contributed by atoms with E-state index in [0.717, 1.165) is 24.0 Å². The average molecular weight is 442 g/mol. The van der Waals surface area contributed by atoms with Crippen molar-refractivity contribution in [1.29, 1.82) is 0 Å². The molecule has 0 atom stereocenters. The Morgan fingerprint density at radius 3 is 1.97 bits per heavy atom. The molecule has 2 heterocycles. The average Bonchev–Trinajstić information content (AvgIpc) is 3.36. The maximum atomic E-state index is 13.0. The second-order valence-electron chi connectivity index (χ2n) is 7.87. The highest BCUT2D eigenvalue weighted by Gasteiger charge is 2.34. The third kappa shape index (κ3) is 4.69. The molecule has 5 rings (SSSR count). The minimum atomic E-state index is -0.376. The largest absolute Gasteiger partial charge is 0.350 e. The molecule has 1 N–H and O–H groups in total. The quantitative estimate of drug-likeness (QED) is 0.442. The second kappa shape index (κ2) is 9.12. The van der Waals surface area contributed by atoms with E-state index < -0.39 is 0 Å². The Morgan fingerprint density at radius 2 is 1.39 bits per heavy atom. The second-order valence-corrected chi connectivity index (χ2v) is 7.87. The summed E-state index contributed by atoms with van der Waals surface area (Å²) in [5, 5.41) is 10.8. The van der Waals surface area contributed by atoms with Crippen LogP contribution in [0.4, 0.5) is 0 Å². The van der Waals surface area contributed by atoms with Crippen molar-refractivity contribution in [3.05, 3.63) is 84.3 Å². The molecular formula is C25H22N4O4. The van der Waals surface area contributed by atoms with Crippen molar-refractivity contribution in [3.8, 4) is 22.5 Å². The van der Waals surface area contributed by atoms with Crippen LogP contribution in [0.15, 0.2) is 81.8 Å². The van der Waals surface area contributed by atoms with Gasteiger partial charge in [-0.15, -0.1) is 0 Å². The molecule has 0 radical (unpaired) electrons. The van der Waals surface area contributed by atoms with E-state index in [1.165, 1.54) is 0 Å². The van der Waals surface area contributed by atoms with Crippen molar-refractivity contribution in [3.63, 3.8) is 0 Å². The summed E-state index contributed by atoms with van der Waals surface area (Å²) in [4.78, 5) is 27.2. The number of carbonyl (C=O) groups excluding carboxylic acids is 2. The Hall–Kier alpha value is -4.20. The number of amides is 2. The molecule has 1 aliphatic carbocycles. The molecule has 166 valence electrons. The molecule has 0 saturated heterocycles. The molecule has 1 saturated carbocycles. The van der Waals surface area contributed by atoms with Gasteiger partial charge in [0.15, 0.2) is 0 Å². The Balaban J connectivity index is 1.20. The molecule has 4 aromatic rings. The molecule has 8 heteroatoms. The molecule has 0 spiro atoms. The summed E-state index contributed by atoms with van der Waals surface area (Å²) in [5.74, 6) is -0.290. The molecule has 1 fully saturated rings. The van der Waals surface area contributed by atoms with E-state index in [2.05, 4.69) is 15.6 Å². The third-order valence-corrected chi connectivity index (χ3v) is 5.48. The lowest BCUT2D eigenvalue weighted by Gasteiger charge is -2.20. The first-order valence-corrected chi connectivity index (χ1v) is 10.8. The summed E-state index contributed by atoms with van der Waals surface area (Å²) in [6.07, 6.45) is 1.86. The Kier molecular flexibility index (Phi) is 5.72. The van der Waals surface area contributed by atoms with Gasteiger partial charge in [-0.2, -0.15) is 0 Å². The van der Waals surface area contributed by atoms with Crippen LogP contribution < -0.4 is 5.32 Å². The van der Waals surface area contributed by atoms with E-state index in [1.807, 2.05) is 60.7 Å². The number of nitrogens with zero attached hydrogens (tertiary/aromatic N) is 3. The number of rotatable bonds is 8. The van der Waals surface area contributed by atoms with Gasteiger partial charge in [0.25, 0.3) is 11.8 Å². The third-order valence-electron chi connectivity index (χ3n) is 5.48. The van der Waals surface area contributed by atoms with E-state index in [4.69, 9.17) is 9.05 Å². The van der Waals surface area contributed by atoms with Crippen molar-refractivity contribution in [2.75, 3.05) is 13.1 Å². The Morgan fingerprint density at radius 1 is 0.848 bits per heavy atom. The number of hydrogen-bond donors (Lipinski definition) is 1. The van der Waals surface area contributed by atoms with Crippen LogP contribution in [0.2, 0.25) is 0 Å². The smallest absolute Gasteiger partial charge is 0.292 e. The van der Waals surface area contributed by atoms with Gasteiger partial charge in [0.05, 0.1) is 0 Å². The molecule has 0 unspecified atom stereocenters. The van der Waals surface area contributed by atoms with E-state index in [9.17, 15) is 9.59 Å². The first kappa shape index (κ1) is 20.7. The minimum Gasteiger partial charge on any atom is -0.350 e. The fourth-order valence-electron chi connectivity index (χ4n) is 3.60. The number of aromatic nitrogens is 2.